The van der Waals surface area contributed by atoms with Crippen molar-refractivity contribution >= 4 is 22.4 Å². The number of halogens is 1. The third kappa shape index (κ3) is 4.36. The van der Waals surface area contributed by atoms with Crippen molar-refractivity contribution in [1.82, 2.24) is 4.98 Å². The zero-order valence-corrected chi connectivity index (χ0v) is 13.3. The predicted octanol–water partition coefficient (Wildman–Crippen LogP) is 4.63. The van der Waals surface area contributed by atoms with E-state index in [2.05, 4.69) is 24.1 Å². The number of anilines is 1. The van der Waals surface area contributed by atoms with Gasteiger partial charge in [0.15, 0.2) is 5.13 Å². The molecule has 3 nitrogen and oxygen atoms in total. The summed E-state index contributed by atoms with van der Waals surface area (Å²) in [6.45, 7) is 6.13. The zero-order chi connectivity index (χ0) is 15.4. The first kappa shape index (κ1) is 15.6. The molecule has 0 aliphatic heterocycles. The average molecular weight is 306 g/mol. The first-order valence-electron chi connectivity index (χ1n) is 6.99. The van der Waals surface area contributed by atoms with E-state index in [1.54, 1.807) is 12.1 Å². The highest BCUT2D eigenvalue weighted by molar-refractivity contribution is 7.16. The van der Waals surface area contributed by atoms with Crippen LogP contribution in [0.3, 0.4) is 0 Å². The molecule has 1 amide bonds. The second-order valence-corrected chi connectivity index (χ2v) is 6.61. The maximum atomic E-state index is 13.0. The third-order valence-electron chi connectivity index (χ3n) is 3.11. The van der Waals surface area contributed by atoms with E-state index < -0.39 is 0 Å². The minimum atomic E-state index is -0.270. The molecule has 1 aromatic carbocycles. The van der Waals surface area contributed by atoms with Crippen LogP contribution in [-0.4, -0.2) is 10.9 Å². The number of hydrogen-bond donors (Lipinski definition) is 1. The Hall–Kier alpha value is -1.75. The molecule has 0 unspecified atom stereocenters. The lowest BCUT2D eigenvalue weighted by molar-refractivity contribution is -0.116. The monoisotopic (exact) mass is 306 g/mol. The van der Waals surface area contributed by atoms with Gasteiger partial charge in [-0.1, -0.05) is 13.8 Å². The van der Waals surface area contributed by atoms with Crippen LogP contribution in [-0.2, 0) is 4.79 Å². The number of thiazole rings is 1. The number of aryl methyl sites for hydroxylation is 1. The summed E-state index contributed by atoms with van der Waals surface area (Å²) in [5.41, 5.74) is 1.65. The van der Waals surface area contributed by atoms with Crippen LogP contribution in [0, 0.1) is 18.7 Å². The Morgan fingerprint density at radius 3 is 2.62 bits per heavy atom. The molecule has 2 rings (SSSR count). The molecule has 0 aliphatic rings. The molecular formula is C16H19FN2OS. The van der Waals surface area contributed by atoms with Gasteiger partial charge in [-0.25, -0.2) is 9.37 Å². The Labute approximate surface area is 128 Å². The number of amides is 1. The van der Waals surface area contributed by atoms with Crippen LogP contribution < -0.4 is 5.32 Å². The van der Waals surface area contributed by atoms with Gasteiger partial charge in [-0.15, -0.1) is 11.3 Å². The zero-order valence-electron chi connectivity index (χ0n) is 12.4. The van der Waals surface area contributed by atoms with Gasteiger partial charge < -0.3 is 5.32 Å². The Balaban J connectivity index is 2.08. The quantitative estimate of drug-likeness (QED) is 0.875. The van der Waals surface area contributed by atoms with E-state index in [0.29, 0.717) is 17.5 Å². The minimum absolute atomic E-state index is 0.0110. The van der Waals surface area contributed by atoms with Gasteiger partial charge in [-0.2, -0.15) is 0 Å². The van der Waals surface area contributed by atoms with Gasteiger partial charge in [0.1, 0.15) is 5.82 Å². The van der Waals surface area contributed by atoms with Crippen molar-refractivity contribution in [2.24, 2.45) is 5.92 Å². The number of rotatable bonds is 5. The molecule has 21 heavy (non-hydrogen) atoms. The second-order valence-electron chi connectivity index (χ2n) is 5.41. The van der Waals surface area contributed by atoms with Crippen LogP contribution >= 0.6 is 11.3 Å². The molecule has 0 aliphatic carbocycles. The lowest BCUT2D eigenvalue weighted by atomic mass is 10.1. The molecule has 0 bridgehead atoms. The third-order valence-corrected chi connectivity index (χ3v) is 4.00. The van der Waals surface area contributed by atoms with E-state index in [-0.39, 0.29) is 11.7 Å². The highest BCUT2D eigenvalue weighted by atomic mass is 32.1. The Bertz CT molecular complexity index is 620. The topological polar surface area (TPSA) is 42.0 Å². The summed E-state index contributed by atoms with van der Waals surface area (Å²) in [5.74, 6) is 0.223. The summed E-state index contributed by atoms with van der Waals surface area (Å²) >= 11 is 1.44. The van der Waals surface area contributed by atoms with Crippen molar-refractivity contribution in [3.8, 4) is 11.3 Å². The van der Waals surface area contributed by atoms with Gasteiger partial charge in [-0.3, -0.25) is 4.79 Å². The molecular weight excluding hydrogens is 287 g/mol. The van der Waals surface area contributed by atoms with Crippen LogP contribution in [0.2, 0.25) is 0 Å². The predicted molar refractivity (Wildman–Crippen MR) is 84.9 cm³/mol. The van der Waals surface area contributed by atoms with E-state index >= 15 is 0 Å². The molecule has 0 radical (unpaired) electrons. The number of nitrogens with one attached hydrogen (secondary N) is 1. The number of nitrogens with zero attached hydrogens (tertiary/aromatic N) is 1. The van der Waals surface area contributed by atoms with Gasteiger partial charge in [0.25, 0.3) is 0 Å². The molecule has 2 aromatic rings. The standard InChI is InChI=1S/C16H19FN2OS/c1-10(2)4-9-14(20)18-16-19-15(11(3)21-16)12-5-7-13(17)8-6-12/h5-8,10H,4,9H2,1-3H3,(H,18,19,20). The number of carbonyl (C=O) groups is 1. The van der Waals surface area contributed by atoms with Crippen LogP contribution in [0.1, 0.15) is 31.6 Å². The van der Waals surface area contributed by atoms with Gasteiger partial charge in [0, 0.05) is 16.9 Å². The molecule has 0 fully saturated rings. The fourth-order valence-electron chi connectivity index (χ4n) is 1.93. The summed E-state index contributed by atoms with van der Waals surface area (Å²) in [4.78, 5) is 17.3. The summed E-state index contributed by atoms with van der Waals surface area (Å²) < 4.78 is 13.0. The van der Waals surface area contributed by atoms with E-state index in [1.807, 2.05) is 6.92 Å². The Kier molecular flexibility index (Phi) is 5.07. The molecule has 112 valence electrons. The number of aromatic nitrogens is 1. The van der Waals surface area contributed by atoms with Gasteiger partial charge in [0.2, 0.25) is 5.91 Å². The fourth-order valence-corrected chi connectivity index (χ4v) is 2.78. The lowest BCUT2D eigenvalue weighted by Crippen LogP contribution is -2.11. The van der Waals surface area contributed by atoms with Crippen molar-refractivity contribution < 1.29 is 9.18 Å². The maximum absolute atomic E-state index is 13.0. The highest BCUT2D eigenvalue weighted by Gasteiger charge is 2.12. The molecule has 0 saturated carbocycles. The largest absolute Gasteiger partial charge is 0.302 e. The first-order chi connectivity index (χ1) is 9.95. The second kappa shape index (κ2) is 6.80. The summed E-state index contributed by atoms with van der Waals surface area (Å²) in [6, 6.07) is 6.22. The summed E-state index contributed by atoms with van der Waals surface area (Å²) in [5, 5.41) is 3.43. The molecule has 0 atom stereocenters. The minimum Gasteiger partial charge on any atom is -0.302 e. The molecule has 0 spiro atoms. The van der Waals surface area contributed by atoms with Crippen LogP contribution in [0.15, 0.2) is 24.3 Å². The number of carbonyl (C=O) groups excluding carboxylic acids is 1. The molecule has 1 N–H and O–H groups in total. The summed E-state index contributed by atoms with van der Waals surface area (Å²) in [7, 11) is 0. The number of benzene rings is 1. The lowest BCUT2D eigenvalue weighted by Gasteiger charge is -2.03. The van der Waals surface area contributed by atoms with Crippen molar-refractivity contribution in [1.29, 1.82) is 0 Å². The average Bonchev–Trinajstić information content (AvgIpc) is 2.78. The van der Waals surface area contributed by atoms with E-state index in [0.717, 1.165) is 22.6 Å². The van der Waals surface area contributed by atoms with Crippen LogP contribution in [0.4, 0.5) is 9.52 Å². The maximum Gasteiger partial charge on any atom is 0.226 e. The summed E-state index contributed by atoms with van der Waals surface area (Å²) in [6.07, 6.45) is 1.36. The first-order valence-corrected chi connectivity index (χ1v) is 7.80. The van der Waals surface area contributed by atoms with E-state index in [9.17, 15) is 9.18 Å². The Morgan fingerprint density at radius 2 is 2.00 bits per heavy atom. The van der Waals surface area contributed by atoms with Gasteiger partial charge >= 0.3 is 0 Å². The van der Waals surface area contributed by atoms with Crippen molar-refractivity contribution in [3.63, 3.8) is 0 Å². The van der Waals surface area contributed by atoms with Crippen LogP contribution in [0.25, 0.3) is 11.3 Å². The Morgan fingerprint density at radius 1 is 1.33 bits per heavy atom. The van der Waals surface area contributed by atoms with Gasteiger partial charge in [0.05, 0.1) is 5.69 Å². The van der Waals surface area contributed by atoms with Crippen molar-refractivity contribution in [2.45, 2.75) is 33.6 Å². The highest BCUT2D eigenvalue weighted by Crippen LogP contribution is 2.30. The molecule has 1 heterocycles. The molecule has 1 aromatic heterocycles. The van der Waals surface area contributed by atoms with Crippen molar-refractivity contribution in [2.75, 3.05) is 5.32 Å². The smallest absolute Gasteiger partial charge is 0.226 e. The van der Waals surface area contributed by atoms with Crippen LogP contribution in [0.5, 0.6) is 0 Å². The van der Waals surface area contributed by atoms with Gasteiger partial charge in [-0.05, 0) is 43.5 Å². The van der Waals surface area contributed by atoms with Crippen molar-refractivity contribution in [3.05, 3.63) is 35.0 Å². The normalized spacial score (nSPS) is 10.9. The van der Waals surface area contributed by atoms with E-state index in [1.165, 1.54) is 23.5 Å². The molecule has 5 heteroatoms. The SMILES string of the molecule is Cc1sc(NC(=O)CCC(C)C)nc1-c1ccc(F)cc1. The molecule has 0 saturated heterocycles. The fraction of sp³-hybridized carbons (Fsp3) is 0.375. The van der Waals surface area contributed by atoms with E-state index in [4.69, 9.17) is 0 Å². The number of hydrogen-bond acceptors (Lipinski definition) is 3.